The van der Waals surface area contributed by atoms with Crippen LogP contribution in [-0.2, 0) is 16.6 Å². The Labute approximate surface area is 168 Å². The summed E-state index contributed by atoms with van der Waals surface area (Å²) in [7, 11) is -2.35. The van der Waals surface area contributed by atoms with Crippen molar-refractivity contribution in [3.05, 3.63) is 77.9 Å². The molecule has 0 saturated heterocycles. The number of methoxy groups -OCH3 is 1. The van der Waals surface area contributed by atoms with Gasteiger partial charge in [-0.25, -0.2) is 12.7 Å². The third-order valence-corrected chi connectivity index (χ3v) is 6.59. The summed E-state index contributed by atoms with van der Waals surface area (Å²) in [5.41, 5.74) is 4.90. The molecule has 1 aliphatic heterocycles. The van der Waals surface area contributed by atoms with Crippen molar-refractivity contribution >= 4 is 21.6 Å². The summed E-state index contributed by atoms with van der Waals surface area (Å²) in [6, 6.07) is 18.5. The normalized spacial score (nSPS) is 14.6. The summed E-state index contributed by atoms with van der Waals surface area (Å²) >= 11 is 0. The van der Waals surface area contributed by atoms with Crippen molar-refractivity contribution in [1.29, 1.82) is 0 Å². The van der Waals surface area contributed by atoms with Gasteiger partial charge in [-0.05, 0) is 47.5 Å². The second kappa shape index (κ2) is 7.23. The topological polar surface area (TPSA) is 95.9 Å². The molecule has 2 N–H and O–H groups in total. The van der Waals surface area contributed by atoms with Crippen molar-refractivity contribution in [2.24, 2.45) is 0 Å². The molecular formula is C21H18N2O5S. The molecule has 0 aliphatic carbocycles. The van der Waals surface area contributed by atoms with Crippen molar-refractivity contribution in [1.82, 2.24) is 4.31 Å². The quantitative estimate of drug-likeness (QED) is 0.625. The zero-order valence-corrected chi connectivity index (χ0v) is 16.3. The molecular weight excluding hydrogens is 392 g/mol. The Hall–Kier alpha value is -3.36. The molecule has 8 heteroatoms. The van der Waals surface area contributed by atoms with Crippen molar-refractivity contribution in [2.75, 3.05) is 12.6 Å². The van der Waals surface area contributed by atoms with E-state index in [1.54, 1.807) is 48.5 Å². The fourth-order valence-corrected chi connectivity index (χ4v) is 4.95. The number of hydrogen-bond acceptors (Lipinski definition) is 6. The molecule has 29 heavy (non-hydrogen) atoms. The van der Waals surface area contributed by atoms with E-state index in [0.29, 0.717) is 22.6 Å². The van der Waals surface area contributed by atoms with Crippen molar-refractivity contribution < 1.29 is 23.2 Å². The number of nitrogens with zero attached hydrogens (tertiary/aromatic N) is 1. The maximum Gasteiger partial charge on any atom is 0.269 e. The molecule has 3 aromatic rings. The molecule has 0 atom stereocenters. The third kappa shape index (κ3) is 3.22. The molecule has 0 fully saturated rings. The van der Waals surface area contributed by atoms with Crippen LogP contribution < -0.4 is 10.2 Å². The van der Waals surface area contributed by atoms with E-state index in [-0.39, 0.29) is 17.0 Å². The first-order chi connectivity index (χ1) is 14.0. The molecule has 148 valence electrons. The number of hydrogen-bond donors (Lipinski definition) is 2. The zero-order valence-electron chi connectivity index (χ0n) is 15.5. The summed E-state index contributed by atoms with van der Waals surface area (Å²) in [5, 5.41) is 9.16. The number of benzene rings is 3. The zero-order chi connectivity index (χ0) is 20.6. The van der Waals surface area contributed by atoms with Gasteiger partial charge in [0.15, 0.2) is 0 Å². The van der Waals surface area contributed by atoms with Crippen molar-refractivity contribution in [3.8, 4) is 16.9 Å². The number of fused-ring (bicyclic) bond motifs is 1. The molecule has 0 unspecified atom stereocenters. The van der Waals surface area contributed by atoms with Crippen LogP contribution in [0, 0.1) is 0 Å². The first-order valence-corrected chi connectivity index (χ1v) is 10.2. The van der Waals surface area contributed by atoms with Crippen LogP contribution in [0.1, 0.15) is 15.9 Å². The second-order valence-corrected chi connectivity index (χ2v) is 8.37. The SMILES string of the molecule is COc1ccc(CN2C(=O)c3ccccc3S2(=O)=O)cc1-c1cccc(NO)c1. The maximum absolute atomic E-state index is 12.8. The number of anilines is 1. The highest BCUT2D eigenvalue weighted by Crippen LogP contribution is 2.35. The average Bonchev–Trinajstić information content (AvgIpc) is 2.94. The number of nitrogens with one attached hydrogen (secondary N) is 1. The van der Waals surface area contributed by atoms with Gasteiger partial charge in [-0.2, -0.15) is 0 Å². The van der Waals surface area contributed by atoms with E-state index in [4.69, 9.17) is 9.94 Å². The van der Waals surface area contributed by atoms with E-state index < -0.39 is 15.9 Å². The van der Waals surface area contributed by atoms with Crippen LogP contribution >= 0.6 is 0 Å². The highest BCUT2D eigenvalue weighted by Gasteiger charge is 2.40. The first kappa shape index (κ1) is 19.0. The molecule has 0 radical (unpaired) electrons. The molecule has 4 rings (SSSR count). The lowest BCUT2D eigenvalue weighted by atomic mass is 10.0. The predicted molar refractivity (Wildman–Crippen MR) is 107 cm³/mol. The van der Waals surface area contributed by atoms with E-state index in [9.17, 15) is 13.2 Å². The largest absolute Gasteiger partial charge is 0.496 e. The number of rotatable bonds is 5. The Bertz CT molecular complexity index is 1210. The van der Waals surface area contributed by atoms with Gasteiger partial charge in [-0.3, -0.25) is 15.5 Å². The highest BCUT2D eigenvalue weighted by atomic mass is 32.2. The Kier molecular flexibility index (Phi) is 4.73. The first-order valence-electron chi connectivity index (χ1n) is 8.79. The molecule has 0 spiro atoms. The van der Waals surface area contributed by atoms with Crippen LogP contribution in [-0.4, -0.2) is 30.9 Å². The van der Waals surface area contributed by atoms with Crippen LogP contribution in [0.5, 0.6) is 5.75 Å². The van der Waals surface area contributed by atoms with Gasteiger partial charge in [-0.15, -0.1) is 0 Å². The molecule has 3 aromatic carbocycles. The van der Waals surface area contributed by atoms with Gasteiger partial charge in [0.1, 0.15) is 10.6 Å². The van der Waals surface area contributed by atoms with Gasteiger partial charge in [0, 0.05) is 5.56 Å². The monoisotopic (exact) mass is 410 g/mol. The lowest BCUT2D eigenvalue weighted by molar-refractivity contribution is 0.0865. The molecule has 1 heterocycles. The van der Waals surface area contributed by atoms with Crippen LogP contribution in [0.15, 0.2) is 71.6 Å². The fraction of sp³-hybridized carbons (Fsp3) is 0.0952. The van der Waals surface area contributed by atoms with Gasteiger partial charge in [0.2, 0.25) is 0 Å². The van der Waals surface area contributed by atoms with Gasteiger partial charge >= 0.3 is 0 Å². The third-order valence-electron chi connectivity index (χ3n) is 4.80. The Morgan fingerprint density at radius 2 is 1.79 bits per heavy atom. The lowest BCUT2D eigenvalue weighted by Gasteiger charge is -2.17. The highest BCUT2D eigenvalue weighted by molar-refractivity contribution is 7.90. The predicted octanol–water partition coefficient (Wildman–Crippen LogP) is 3.51. The fourth-order valence-electron chi connectivity index (χ4n) is 3.39. The van der Waals surface area contributed by atoms with Crippen LogP contribution in [0.25, 0.3) is 11.1 Å². The Morgan fingerprint density at radius 1 is 1.00 bits per heavy atom. The van der Waals surface area contributed by atoms with E-state index in [1.165, 1.54) is 19.2 Å². The Morgan fingerprint density at radius 3 is 2.52 bits per heavy atom. The summed E-state index contributed by atoms with van der Waals surface area (Å²) in [6.45, 7) is -0.0925. The van der Waals surface area contributed by atoms with Crippen LogP contribution in [0.4, 0.5) is 5.69 Å². The molecule has 0 bridgehead atoms. The number of carbonyl (C=O) groups excluding carboxylic acids is 1. The average molecular weight is 410 g/mol. The minimum Gasteiger partial charge on any atom is -0.496 e. The van der Waals surface area contributed by atoms with Crippen LogP contribution in [0.2, 0.25) is 0 Å². The number of sulfonamides is 1. The van der Waals surface area contributed by atoms with E-state index in [2.05, 4.69) is 5.48 Å². The minimum atomic E-state index is -3.89. The standard InChI is InChI=1S/C21H18N2O5S/c1-28-19-10-9-14(11-18(19)15-5-4-6-16(12-15)22-25)13-23-21(24)17-7-2-3-8-20(17)29(23,26)27/h2-12,22,25H,13H2,1H3. The molecule has 0 saturated carbocycles. The van der Waals surface area contributed by atoms with Crippen LogP contribution in [0.3, 0.4) is 0 Å². The number of amides is 1. The summed E-state index contributed by atoms with van der Waals surface area (Å²) in [5.74, 6) is 0.0483. The van der Waals surface area contributed by atoms with Gasteiger partial charge in [0.05, 0.1) is 24.9 Å². The van der Waals surface area contributed by atoms with Gasteiger partial charge in [-0.1, -0.05) is 30.3 Å². The summed E-state index contributed by atoms with van der Waals surface area (Å²) < 4.78 is 31.9. The smallest absolute Gasteiger partial charge is 0.269 e. The van der Waals surface area contributed by atoms with E-state index in [1.807, 2.05) is 6.07 Å². The van der Waals surface area contributed by atoms with E-state index in [0.717, 1.165) is 9.87 Å². The minimum absolute atomic E-state index is 0.0282. The molecule has 7 nitrogen and oxygen atoms in total. The van der Waals surface area contributed by atoms with Gasteiger partial charge < -0.3 is 4.74 Å². The second-order valence-electron chi connectivity index (χ2n) is 6.54. The molecule has 1 amide bonds. The Balaban J connectivity index is 1.73. The maximum atomic E-state index is 12.8. The number of ether oxygens (including phenoxy) is 1. The number of carbonyl (C=O) groups is 1. The van der Waals surface area contributed by atoms with E-state index >= 15 is 0 Å². The van der Waals surface area contributed by atoms with Crippen molar-refractivity contribution in [3.63, 3.8) is 0 Å². The van der Waals surface area contributed by atoms with Gasteiger partial charge in [0.25, 0.3) is 15.9 Å². The molecule has 1 aliphatic rings. The lowest BCUT2D eigenvalue weighted by Crippen LogP contribution is -2.29. The molecule has 0 aromatic heterocycles. The summed E-state index contributed by atoms with van der Waals surface area (Å²) in [4.78, 5) is 12.7. The van der Waals surface area contributed by atoms with Crippen molar-refractivity contribution in [2.45, 2.75) is 11.4 Å². The summed E-state index contributed by atoms with van der Waals surface area (Å²) in [6.07, 6.45) is 0.